The van der Waals surface area contributed by atoms with E-state index in [1.807, 2.05) is 13.0 Å². The number of unbranched alkanes of at least 4 members (excludes halogenated alkanes) is 19. The monoisotopic (exact) mass is 968 g/mol. The van der Waals surface area contributed by atoms with Crippen molar-refractivity contribution in [3.05, 3.63) is 12.2 Å². The van der Waals surface area contributed by atoms with Gasteiger partial charge in [0.15, 0.2) is 18.9 Å². The van der Waals surface area contributed by atoms with Gasteiger partial charge in [0.2, 0.25) is 5.91 Å². The molecule has 0 radical (unpaired) electrons. The van der Waals surface area contributed by atoms with E-state index in [1.165, 1.54) is 89.9 Å². The van der Waals surface area contributed by atoms with Crippen LogP contribution in [0.4, 0.5) is 0 Å². The number of nitrogens with one attached hydrogen (secondary N) is 1. The highest BCUT2D eigenvalue weighted by atomic mass is 16.8. The van der Waals surface area contributed by atoms with Crippen molar-refractivity contribution in [2.45, 2.75) is 259 Å². The summed E-state index contributed by atoms with van der Waals surface area (Å²) in [6.45, 7) is 1.50. The Labute approximate surface area is 397 Å². The quantitative estimate of drug-likeness (QED) is 0.0316. The molecule has 0 aliphatic carbocycles. The maximum atomic E-state index is 12.9. The number of allylic oxidation sites excluding steroid dienone is 1. The predicted molar refractivity (Wildman–Crippen MR) is 245 cm³/mol. The van der Waals surface area contributed by atoms with Crippen molar-refractivity contribution in [1.82, 2.24) is 5.32 Å². The third kappa shape index (κ3) is 20.3. The van der Waals surface area contributed by atoms with Gasteiger partial charge in [-0.3, -0.25) is 4.79 Å². The molecular formula is C48H89NO18. The largest absolute Gasteiger partial charge is 0.394 e. The van der Waals surface area contributed by atoms with E-state index in [9.17, 15) is 61.0 Å². The number of ether oxygens (including phenoxy) is 6. The van der Waals surface area contributed by atoms with Crippen LogP contribution >= 0.6 is 0 Å². The first kappa shape index (κ1) is 59.8. The summed E-state index contributed by atoms with van der Waals surface area (Å²) in [6.07, 6.45) is 1.90. The van der Waals surface area contributed by atoms with E-state index < -0.39 is 124 Å². The van der Waals surface area contributed by atoms with E-state index in [0.29, 0.717) is 6.42 Å². The van der Waals surface area contributed by atoms with E-state index in [-0.39, 0.29) is 18.9 Å². The molecule has 19 heteroatoms. The Hall–Kier alpha value is -1.47. The van der Waals surface area contributed by atoms with Gasteiger partial charge in [-0.15, -0.1) is 0 Å². The van der Waals surface area contributed by atoms with E-state index in [2.05, 4.69) is 12.2 Å². The van der Waals surface area contributed by atoms with Crippen molar-refractivity contribution >= 4 is 5.91 Å². The minimum absolute atomic E-state index is 0.231. The Morgan fingerprint density at radius 3 is 1.40 bits per heavy atom. The highest BCUT2D eigenvalue weighted by Gasteiger charge is 2.53. The fraction of sp³-hybridized carbons (Fsp3) is 0.938. The zero-order valence-electron chi connectivity index (χ0n) is 40.1. The first-order chi connectivity index (χ1) is 32.3. The maximum absolute atomic E-state index is 12.9. The lowest BCUT2D eigenvalue weighted by molar-refractivity contribution is -0.379. The third-order valence-electron chi connectivity index (χ3n) is 13.1. The van der Waals surface area contributed by atoms with E-state index >= 15 is 0 Å². The smallest absolute Gasteiger partial charge is 0.220 e. The molecule has 0 aromatic rings. The second-order valence-corrected chi connectivity index (χ2v) is 18.6. The van der Waals surface area contributed by atoms with Crippen molar-refractivity contribution in [3.63, 3.8) is 0 Å². The molecule has 0 aromatic heterocycles. The Morgan fingerprint density at radius 1 is 0.522 bits per heavy atom. The number of aliphatic hydroxyl groups excluding tert-OH is 11. The van der Waals surface area contributed by atoms with Crippen LogP contribution in [0.5, 0.6) is 0 Å². The lowest BCUT2D eigenvalue weighted by Gasteiger charge is -2.48. The molecule has 3 heterocycles. The molecule has 3 aliphatic heterocycles. The number of hydrogen-bond donors (Lipinski definition) is 12. The first-order valence-electron chi connectivity index (χ1n) is 25.4. The van der Waals surface area contributed by atoms with Crippen LogP contribution in [0.25, 0.3) is 0 Å². The van der Waals surface area contributed by atoms with Gasteiger partial charge in [0.1, 0.15) is 73.2 Å². The van der Waals surface area contributed by atoms with Gasteiger partial charge in [-0.2, -0.15) is 0 Å². The SMILES string of the molecule is CCCCCCCCCCCCCCCCCCC/C=C/C(O)C(COC1OC(CO)C(OC2OC(CO)C(OC3OC(CO)C(O)C(O)C3O)C(O)C2O)C(O)C1O)NC(=O)CCCCC. The van der Waals surface area contributed by atoms with Crippen molar-refractivity contribution in [2.24, 2.45) is 0 Å². The molecule has 3 aliphatic rings. The fourth-order valence-corrected chi connectivity index (χ4v) is 8.78. The highest BCUT2D eigenvalue weighted by molar-refractivity contribution is 5.76. The van der Waals surface area contributed by atoms with Crippen molar-refractivity contribution in [3.8, 4) is 0 Å². The molecule has 17 atom stereocenters. The molecule has 12 N–H and O–H groups in total. The van der Waals surface area contributed by atoms with Crippen LogP contribution in [0, 0.1) is 0 Å². The summed E-state index contributed by atoms with van der Waals surface area (Å²) < 4.78 is 33.9. The molecule has 1 amide bonds. The normalized spacial score (nSPS) is 33.5. The van der Waals surface area contributed by atoms with Gasteiger partial charge >= 0.3 is 0 Å². The number of aliphatic hydroxyl groups is 11. The number of carbonyl (C=O) groups is 1. The number of rotatable bonds is 35. The van der Waals surface area contributed by atoms with Crippen LogP contribution in [0.2, 0.25) is 0 Å². The summed E-state index contributed by atoms with van der Waals surface area (Å²) >= 11 is 0. The van der Waals surface area contributed by atoms with Crippen LogP contribution in [-0.4, -0.2) is 193 Å². The fourth-order valence-electron chi connectivity index (χ4n) is 8.78. The van der Waals surface area contributed by atoms with Crippen LogP contribution < -0.4 is 5.32 Å². The lowest BCUT2D eigenvalue weighted by Crippen LogP contribution is -2.66. The molecule has 394 valence electrons. The Morgan fingerprint density at radius 2 is 0.925 bits per heavy atom. The minimum atomic E-state index is -1.97. The summed E-state index contributed by atoms with van der Waals surface area (Å²) in [6, 6.07) is -0.962. The Bertz CT molecular complexity index is 1300. The number of carbonyl (C=O) groups excluding carboxylic acids is 1. The van der Waals surface area contributed by atoms with Crippen LogP contribution in [-0.2, 0) is 33.2 Å². The van der Waals surface area contributed by atoms with Crippen molar-refractivity contribution in [1.29, 1.82) is 0 Å². The lowest BCUT2D eigenvalue weighted by atomic mass is 9.96. The Balaban J connectivity index is 1.47. The van der Waals surface area contributed by atoms with Crippen LogP contribution in [0.15, 0.2) is 12.2 Å². The topological polar surface area (TPSA) is 307 Å². The van der Waals surface area contributed by atoms with Gasteiger partial charge in [-0.1, -0.05) is 142 Å². The molecule has 0 aromatic carbocycles. The minimum Gasteiger partial charge on any atom is -0.394 e. The molecule has 19 nitrogen and oxygen atoms in total. The van der Waals surface area contributed by atoms with Gasteiger partial charge in [-0.25, -0.2) is 0 Å². The van der Waals surface area contributed by atoms with Gasteiger partial charge < -0.3 is 89.9 Å². The van der Waals surface area contributed by atoms with Crippen LogP contribution in [0.3, 0.4) is 0 Å². The van der Waals surface area contributed by atoms with Crippen molar-refractivity contribution in [2.75, 3.05) is 26.4 Å². The van der Waals surface area contributed by atoms with Gasteiger partial charge in [-0.05, 0) is 19.3 Å². The zero-order valence-corrected chi connectivity index (χ0v) is 40.1. The summed E-state index contributed by atoms with van der Waals surface area (Å²) in [5.74, 6) is -0.301. The van der Waals surface area contributed by atoms with E-state index in [0.717, 1.165) is 38.5 Å². The molecule has 0 spiro atoms. The molecule has 0 bridgehead atoms. The molecule has 67 heavy (non-hydrogen) atoms. The van der Waals surface area contributed by atoms with Crippen LogP contribution in [0.1, 0.15) is 155 Å². The number of amides is 1. The first-order valence-corrected chi connectivity index (χ1v) is 25.4. The average Bonchev–Trinajstić information content (AvgIpc) is 3.32. The molecule has 3 rings (SSSR count). The van der Waals surface area contributed by atoms with E-state index in [4.69, 9.17) is 28.4 Å². The maximum Gasteiger partial charge on any atom is 0.220 e. The van der Waals surface area contributed by atoms with Crippen molar-refractivity contribution < 1.29 is 89.4 Å². The Kier molecular flexibility index (Phi) is 30.4. The third-order valence-corrected chi connectivity index (χ3v) is 13.1. The summed E-state index contributed by atoms with van der Waals surface area (Å²) in [5.41, 5.74) is 0. The predicted octanol–water partition coefficient (Wildman–Crippen LogP) is 1.48. The summed E-state index contributed by atoms with van der Waals surface area (Å²) in [4.78, 5) is 12.9. The molecule has 3 saturated heterocycles. The van der Waals surface area contributed by atoms with Gasteiger partial charge in [0.25, 0.3) is 0 Å². The second kappa shape index (κ2) is 34.0. The van der Waals surface area contributed by atoms with Gasteiger partial charge in [0.05, 0.1) is 38.6 Å². The zero-order chi connectivity index (χ0) is 49.1. The summed E-state index contributed by atoms with van der Waals surface area (Å²) in [5, 5.41) is 119. The molecule has 17 unspecified atom stereocenters. The highest BCUT2D eigenvalue weighted by Crippen LogP contribution is 2.33. The molecular weight excluding hydrogens is 879 g/mol. The standard InChI is InChI=1S/C48H89NO18/c1-3-5-7-8-9-10-11-12-13-14-15-16-17-18-19-20-21-22-24-25-32(53)31(49-36(54)26-23-6-4-2)30-62-46-42(60)39(57)44(34(28-51)64-46)67-48-43(61)40(58)45(35(29-52)65-48)66-47-41(59)38(56)37(55)33(27-50)63-47/h24-25,31-35,37-48,50-53,55-61H,3-23,26-30H2,1-2H3,(H,49,54)/b25-24+. The second-order valence-electron chi connectivity index (χ2n) is 18.6. The van der Waals surface area contributed by atoms with Gasteiger partial charge in [0, 0.05) is 6.42 Å². The molecule has 0 saturated carbocycles. The number of hydrogen-bond acceptors (Lipinski definition) is 18. The van der Waals surface area contributed by atoms with E-state index in [1.54, 1.807) is 6.08 Å². The average molecular weight is 968 g/mol. The molecule has 3 fully saturated rings. The summed E-state index contributed by atoms with van der Waals surface area (Å²) in [7, 11) is 0.